The van der Waals surface area contributed by atoms with E-state index < -0.39 is 0 Å². The monoisotopic (exact) mass is 393 g/mol. The lowest BCUT2D eigenvalue weighted by Gasteiger charge is -2.26. The van der Waals surface area contributed by atoms with E-state index in [4.69, 9.17) is 4.74 Å². The number of carbonyl (C=O) groups excluding carboxylic acids is 1. The zero-order valence-corrected chi connectivity index (χ0v) is 16.5. The van der Waals surface area contributed by atoms with E-state index in [1.807, 2.05) is 25.1 Å². The van der Waals surface area contributed by atoms with Crippen LogP contribution in [0.5, 0.6) is 0 Å². The van der Waals surface area contributed by atoms with Crippen molar-refractivity contribution in [3.8, 4) is 11.3 Å². The fourth-order valence-electron chi connectivity index (χ4n) is 3.58. The van der Waals surface area contributed by atoms with E-state index in [0.29, 0.717) is 28.9 Å². The number of nitrogens with zero attached hydrogens (tertiary/aromatic N) is 2. The van der Waals surface area contributed by atoms with Gasteiger partial charge in [-0.3, -0.25) is 9.69 Å². The maximum absolute atomic E-state index is 14.3. The van der Waals surface area contributed by atoms with Crippen molar-refractivity contribution in [2.45, 2.75) is 6.92 Å². The summed E-state index contributed by atoms with van der Waals surface area (Å²) in [6.45, 7) is 6.52. The van der Waals surface area contributed by atoms with Crippen LogP contribution in [0.2, 0.25) is 0 Å². The normalized spacial score (nSPS) is 14.8. The molecule has 6 heteroatoms. The topological polar surface area (TPSA) is 54.5 Å². The lowest BCUT2D eigenvalue weighted by Crippen LogP contribution is -2.41. The summed E-state index contributed by atoms with van der Waals surface area (Å²) in [6.07, 6.45) is 0. The van der Waals surface area contributed by atoms with Gasteiger partial charge in [0.1, 0.15) is 5.82 Å². The Morgan fingerprint density at radius 2 is 1.97 bits per heavy atom. The molecule has 2 aromatic carbocycles. The number of ether oxygens (including phenoxy) is 1. The summed E-state index contributed by atoms with van der Waals surface area (Å²) in [5.41, 5.74) is 3.07. The average Bonchev–Trinajstić information content (AvgIpc) is 2.74. The van der Waals surface area contributed by atoms with E-state index in [9.17, 15) is 9.18 Å². The number of morpholine rings is 1. The van der Waals surface area contributed by atoms with E-state index in [1.54, 1.807) is 24.3 Å². The Bertz CT molecular complexity index is 1030. The van der Waals surface area contributed by atoms with Gasteiger partial charge < -0.3 is 10.1 Å². The standard InChI is InChI=1S/C23H24FN3O2/c1-16-6-7-21-18(14-16)19(15-22(26-21)17-4-2-3-5-20(17)24)23(28)25-8-9-27-10-12-29-13-11-27/h2-7,14-15H,8-13H2,1H3,(H,25,28). The minimum atomic E-state index is -0.356. The molecular formula is C23H24FN3O2. The fraction of sp³-hybridized carbons (Fsp3) is 0.304. The van der Waals surface area contributed by atoms with Crippen molar-refractivity contribution in [3.63, 3.8) is 0 Å². The molecular weight excluding hydrogens is 369 g/mol. The van der Waals surface area contributed by atoms with Crippen LogP contribution in [0.3, 0.4) is 0 Å². The number of fused-ring (bicyclic) bond motifs is 1. The zero-order valence-electron chi connectivity index (χ0n) is 16.5. The average molecular weight is 393 g/mol. The number of amides is 1. The first kappa shape index (κ1) is 19.5. The minimum Gasteiger partial charge on any atom is -0.379 e. The van der Waals surface area contributed by atoms with Crippen LogP contribution < -0.4 is 5.32 Å². The molecule has 1 N–H and O–H groups in total. The summed E-state index contributed by atoms with van der Waals surface area (Å²) < 4.78 is 19.7. The highest BCUT2D eigenvalue weighted by molar-refractivity contribution is 6.07. The van der Waals surface area contributed by atoms with Gasteiger partial charge in [0.2, 0.25) is 0 Å². The molecule has 5 nitrogen and oxygen atoms in total. The highest BCUT2D eigenvalue weighted by Crippen LogP contribution is 2.27. The van der Waals surface area contributed by atoms with Crippen LogP contribution in [0.1, 0.15) is 15.9 Å². The molecule has 1 aromatic heterocycles. The van der Waals surface area contributed by atoms with Gasteiger partial charge in [0.25, 0.3) is 5.91 Å². The molecule has 150 valence electrons. The number of carbonyl (C=O) groups is 1. The van der Waals surface area contributed by atoms with Crippen molar-refractivity contribution >= 4 is 16.8 Å². The van der Waals surface area contributed by atoms with Crippen molar-refractivity contribution in [2.75, 3.05) is 39.4 Å². The van der Waals surface area contributed by atoms with E-state index in [-0.39, 0.29) is 11.7 Å². The minimum absolute atomic E-state index is 0.172. The van der Waals surface area contributed by atoms with Crippen LogP contribution in [-0.2, 0) is 4.74 Å². The second-order valence-corrected chi connectivity index (χ2v) is 7.27. The molecule has 0 radical (unpaired) electrons. The maximum Gasteiger partial charge on any atom is 0.252 e. The Morgan fingerprint density at radius 3 is 2.76 bits per heavy atom. The van der Waals surface area contributed by atoms with Gasteiger partial charge in [-0.25, -0.2) is 9.37 Å². The molecule has 0 bridgehead atoms. The van der Waals surface area contributed by atoms with E-state index in [1.165, 1.54) is 6.07 Å². The van der Waals surface area contributed by atoms with Crippen LogP contribution in [-0.4, -0.2) is 55.2 Å². The van der Waals surface area contributed by atoms with Crippen molar-refractivity contribution in [1.29, 1.82) is 0 Å². The van der Waals surface area contributed by atoms with Crippen LogP contribution >= 0.6 is 0 Å². The quantitative estimate of drug-likeness (QED) is 0.722. The third kappa shape index (κ3) is 4.44. The van der Waals surface area contributed by atoms with E-state index in [0.717, 1.165) is 43.8 Å². The number of hydrogen-bond donors (Lipinski definition) is 1. The van der Waals surface area contributed by atoms with Crippen molar-refractivity contribution in [2.24, 2.45) is 0 Å². The Morgan fingerprint density at radius 1 is 1.17 bits per heavy atom. The number of aryl methyl sites for hydroxylation is 1. The summed E-state index contributed by atoms with van der Waals surface area (Å²) in [4.78, 5) is 19.9. The van der Waals surface area contributed by atoms with E-state index >= 15 is 0 Å². The highest BCUT2D eigenvalue weighted by Gasteiger charge is 2.16. The maximum atomic E-state index is 14.3. The Balaban J connectivity index is 1.63. The lowest BCUT2D eigenvalue weighted by atomic mass is 10.0. The summed E-state index contributed by atoms with van der Waals surface area (Å²) in [6, 6.07) is 13.9. The molecule has 1 amide bonds. The fourth-order valence-corrected chi connectivity index (χ4v) is 3.58. The molecule has 0 atom stereocenters. The molecule has 29 heavy (non-hydrogen) atoms. The predicted octanol–water partition coefficient (Wildman–Crippen LogP) is 3.41. The number of nitrogens with one attached hydrogen (secondary N) is 1. The van der Waals surface area contributed by atoms with Crippen LogP contribution in [0.25, 0.3) is 22.2 Å². The van der Waals surface area contributed by atoms with Crippen LogP contribution in [0.4, 0.5) is 4.39 Å². The van der Waals surface area contributed by atoms with Crippen molar-refractivity contribution < 1.29 is 13.9 Å². The smallest absolute Gasteiger partial charge is 0.252 e. The van der Waals surface area contributed by atoms with Gasteiger partial charge in [0.15, 0.2) is 0 Å². The molecule has 0 unspecified atom stereocenters. The molecule has 4 rings (SSSR count). The number of hydrogen-bond acceptors (Lipinski definition) is 4. The lowest BCUT2D eigenvalue weighted by molar-refractivity contribution is 0.0383. The summed E-state index contributed by atoms with van der Waals surface area (Å²) in [7, 11) is 0. The zero-order chi connectivity index (χ0) is 20.2. The third-order valence-electron chi connectivity index (χ3n) is 5.18. The summed E-state index contributed by atoms with van der Waals surface area (Å²) >= 11 is 0. The molecule has 1 aliphatic rings. The van der Waals surface area contributed by atoms with Gasteiger partial charge in [0, 0.05) is 37.1 Å². The van der Waals surface area contributed by atoms with Gasteiger partial charge in [0.05, 0.1) is 30.0 Å². The molecule has 1 saturated heterocycles. The number of halogens is 1. The number of benzene rings is 2. The summed E-state index contributed by atoms with van der Waals surface area (Å²) in [5, 5.41) is 3.78. The molecule has 0 aliphatic carbocycles. The van der Waals surface area contributed by atoms with Crippen LogP contribution in [0, 0.1) is 12.7 Å². The number of pyridine rings is 1. The highest BCUT2D eigenvalue weighted by atomic mass is 19.1. The van der Waals surface area contributed by atoms with Crippen molar-refractivity contribution in [1.82, 2.24) is 15.2 Å². The first-order valence-corrected chi connectivity index (χ1v) is 9.86. The van der Waals surface area contributed by atoms with Crippen LogP contribution in [0.15, 0.2) is 48.5 Å². The predicted molar refractivity (Wildman–Crippen MR) is 111 cm³/mol. The summed E-state index contributed by atoms with van der Waals surface area (Å²) in [5.74, 6) is -0.529. The second-order valence-electron chi connectivity index (χ2n) is 7.27. The molecule has 1 aliphatic heterocycles. The first-order valence-electron chi connectivity index (χ1n) is 9.86. The molecule has 3 aromatic rings. The Kier molecular flexibility index (Phi) is 5.83. The Hall–Kier alpha value is -2.83. The molecule has 0 spiro atoms. The van der Waals surface area contributed by atoms with Gasteiger partial charge in [-0.1, -0.05) is 23.8 Å². The van der Waals surface area contributed by atoms with E-state index in [2.05, 4.69) is 15.2 Å². The third-order valence-corrected chi connectivity index (χ3v) is 5.18. The van der Waals surface area contributed by atoms with Gasteiger partial charge in [-0.05, 0) is 37.3 Å². The van der Waals surface area contributed by atoms with Gasteiger partial charge in [-0.15, -0.1) is 0 Å². The van der Waals surface area contributed by atoms with Crippen molar-refractivity contribution in [3.05, 3.63) is 65.5 Å². The molecule has 0 saturated carbocycles. The first-order chi connectivity index (χ1) is 14.1. The van der Waals surface area contributed by atoms with Gasteiger partial charge >= 0.3 is 0 Å². The molecule has 2 heterocycles. The van der Waals surface area contributed by atoms with Gasteiger partial charge in [-0.2, -0.15) is 0 Å². The SMILES string of the molecule is Cc1ccc2nc(-c3ccccc3F)cc(C(=O)NCCN3CCOCC3)c2c1. The molecule has 1 fully saturated rings. The number of aromatic nitrogens is 1. The largest absolute Gasteiger partial charge is 0.379 e. The Labute approximate surface area is 169 Å². The second kappa shape index (κ2) is 8.68. The number of rotatable bonds is 5.